The first kappa shape index (κ1) is 9.18. The second-order valence-corrected chi connectivity index (χ2v) is 3.22. The molecule has 0 saturated carbocycles. The number of nitrogens with zero attached hydrogens (tertiary/aromatic N) is 3. The highest BCUT2D eigenvalue weighted by Gasteiger charge is 2.02. The minimum Gasteiger partial charge on any atom is -0.326 e. The quantitative estimate of drug-likeness (QED) is 0.811. The summed E-state index contributed by atoms with van der Waals surface area (Å²) in [5.74, 6) is 0.771. The zero-order valence-electron chi connectivity index (χ0n) is 7.39. The van der Waals surface area contributed by atoms with Gasteiger partial charge in [0.05, 0.1) is 5.02 Å². The molecule has 0 aliphatic rings. The molecule has 0 unspecified atom stereocenters. The van der Waals surface area contributed by atoms with E-state index in [-0.39, 0.29) is 0 Å². The summed E-state index contributed by atoms with van der Waals surface area (Å²) < 4.78 is 1.80. The Morgan fingerprint density at radius 3 is 3.00 bits per heavy atom. The maximum absolute atomic E-state index is 5.89. The van der Waals surface area contributed by atoms with Gasteiger partial charge in [0.1, 0.15) is 12.1 Å². The number of hydrogen-bond donors (Lipinski definition) is 1. The zero-order chi connectivity index (χ0) is 9.97. The Kier molecular flexibility index (Phi) is 2.47. The van der Waals surface area contributed by atoms with Crippen molar-refractivity contribution in [2.75, 3.05) is 0 Å². The first-order chi connectivity index (χ1) is 6.81. The van der Waals surface area contributed by atoms with Crippen LogP contribution >= 0.6 is 11.6 Å². The average Bonchev–Trinajstić information content (AvgIpc) is 2.71. The highest BCUT2D eigenvalue weighted by atomic mass is 35.5. The Labute approximate surface area is 86.4 Å². The number of nitrogens with two attached hydrogens (primary N) is 1. The summed E-state index contributed by atoms with van der Waals surface area (Å²) in [5.41, 5.74) is 6.42. The number of pyridine rings is 1. The molecule has 0 saturated heterocycles. The minimum absolute atomic E-state index is 0.406. The molecular formula is C9H9ClN4. The second-order valence-electron chi connectivity index (χ2n) is 2.81. The molecule has 5 heteroatoms. The van der Waals surface area contributed by atoms with E-state index in [1.807, 2.05) is 12.3 Å². The van der Waals surface area contributed by atoms with Crippen molar-refractivity contribution in [3.63, 3.8) is 0 Å². The molecule has 2 aromatic heterocycles. The lowest BCUT2D eigenvalue weighted by molar-refractivity contribution is 0.969. The number of halogens is 1. The van der Waals surface area contributed by atoms with E-state index in [1.165, 1.54) is 0 Å². The normalized spacial score (nSPS) is 10.4. The van der Waals surface area contributed by atoms with Crippen LogP contribution < -0.4 is 5.73 Å². The van der Waals surface area contributed by atoms with Crippen LogP contribution in [0.1, 0.15) is 5.56 Å². The van der Waals surface area contributed by atoms with Crippen molar-refractivity contribution in [2.45, 2.75) is 6.54 Å². The Morgan fingerprint density at radius 2 is 2.36 bits per heavy atom. The van der Waals surface area contributed by atoms with Crippen molar-refractivity contribution in [2.24, 2.45) is 5.73 Å². The van der Waals surface area contributed by atoms with Crippen LogP contribution in [0.25, 0.3) is 5.82 Å². The first-order valence-corrected chi connectivity index (χ1v) is 4.52. The molecule has 0 radical (unpaired) electrons. The molecule has 2 heterocycles. The summed E-state index contributed by atoms with van der Waals surface area (Å²) in [6.07, 6.45) is 6.78. The Balaban J connectivity index is 2.46. The van der Waals surface area contributed by atoms with E-state index in [0.29, 0.717) is 11.6 Å². The first-order valence-electron chi connectivity index (χ1n) is 4.14. The lowest BCUT2D eigenvalue weighted by Crippen LogP contribution is -2.01. The van der Waals surface area contributed by atoms with Crippen LogP contribution in [-0.4, -0.2) is 14.5 Å². The summed E-state index contributed by atoms with van der Waals surface area (Å²) in [6.45, 7) is 0.406. The molecule has 2 aromatic rings. The predicted octanol–water partition coefficient (Wildman–Crippen LogP) is 1.38. The SMILES string of the molecule is NCc1cc(-n2ccnc2)ncc1Cl. The fourth-order valence-corrected chi connectivity index (χ4v) is 1.34. The van der Waals surface area contributed by atoms with Crippen molar-refractivity contribution in [3.8, 4) is 5.82 Å². The second kappa shape index (κ2) is 3.77. The van der Waals surface area contributed by atoms with E-state index in [1.54, 1.807) is 23.3 Å². The smallest absolute Gasteiger partial charge is 0.138 e. The van der Waals surface area contributed by atoms with Gasteiger partial charge in [-0.1, -0.05) is 11.6 Å². The molecular weight excluding hydrogens is 200 g/mol. The van der Waals surface area contributed by atoms with Crippen LogP contribution in [0.2, 0.25) is 5.02 Å². The molecule has 2 rings (SSSR count). The summed E-state index contributed by atoms with van der Waals surface area (Å²) >= 11 is 5.89. The molecule has 0 atom stereocenters. The number of rotatable bonds is 2. The van der Waals surface area contributed by atoms with Gasteiger partial charge in [0, 0.05) is 25.1 Å². The summed E-state index contributed by atoms with van der Waals surface area (Å²) in [6, 6.07) is 1.85. The maximum Gasteiger partial charge on any atom is 0.138 e. The molecule has 14 heavy (non-hydrogen) atoms. The van der Waals surface area contributed by atoms with Gasteiger partial charge in [-0.2, -0.15) is 0 Å². The van der Waals surface area contributed by atoms with Gasteiger partial charge in [-0.05, 0) is 11.6 Å². The van der Waals surface area contributed by atoms with Gasteiger partial charge in [-0.3, -0.25) is 4.57 Å². The molecule has 0 aliphatic heterocycles. The molecule has 0 fully saturated rings. The zero-order valence-corrected chi connectivity index (χ0v) is 8.15. The van der Waals surface area contributed by atoms with Crippen molar-refractivity contribution >= 4 is 11.6 Å². The Hall–Kier alpha value is -1.39. The third-order valence-electron chi connectivity index (χ3n) is 1.91. The van der Waals surface area contributed by atoms with E-state index >= 15 is 0 Å². The lowest BCUT2D eigenvalue weighted by Gasteiger charge is -2.04. The third kappa shape index (κ3) is 1.62. The van der Waals surface area contributed by atoms with Crippen molar-refractivity contribution in [1.82, 2.24) is 14.5 Å². The lowest BCUT2D eigenvalue weighted by atomic mass is 10.2. The van der Waals surface area contributed by atoms with E-state index in [2.05, 4.69) is 9.97 Å². The highest BCUT2D eigenvalue weighted by molar-refractivity contribution is 6.31. The summed E-state index contributed by atoms with van der Waals surface area (Å²) in [7, 11) is 0. The van der Waals surface area contributed by atoms with Gasteiger partial charge in [0.2, 0.25) is 0 Å². The summed E-state index contributed by atoms with van der Waals surface area (Å²) in [5, 5.41) is 0.594. The molecule has 0 bridgehead atoms. The van der Waals surface area contributed by atoms with Crippen LogP contribution in [0.3, 0.4) is 0 Å². The third-order valence-corrected chi connectivity index (χ3v) is 2.25. The highest BCUT2D eigenvalue weighted by Crippen LogP contribution is 2.16. The Bertz CT molecular complexity index is 424. The van der Waals surface area contributed by atoms with Gasteiger partial charge in [0.25, 0.3) is 0 Å². The van der Waals surface area contributed by atoms with Crippen LogP contribution in [0.15, 0.2) is 31.0 Å². The van der Waals surface area contributed by atoms with Crippen LogP contribution in [-0.2, 0) is 6.54 Å². The molecule has 72 valence electrons. The number of imidazole rings is 1. The minimum atomic E-state index is 0.406. The monoisotopic (exact) mass is 208 g/mol. The van der Waals surface area contributed by atoms with Crippen LogP contribution in [0.5, 0.6) is 0 Å². The standard InChI is InChI=1S/C9H9ClN4/c10-8-5-13-9(3-7(8)4-11)14-2-1-12-6-14/h1-3,5-6H,4,11H2. The van der Waals surface area contributed by atoms with Gasteiger partial charge in [0.15, 0.2) is 0 Å². The topological polar surface area (TPSA) is 56.7 Å². The molecule has 2 N–H and O–H groups in total. The van der Waals surface area contributed by atoms with E-state index in [0.717, 1.165) is 11.4 Å². The van der Waals surface area contributed by atoms with Gasteiger partial charge >= 0.3 is 0 Å². The van der Waals surface area contributed by atoms with Gasteiger partial charge in [-0.15, -0.1) is 0 Å². The molecule has 0 spiro atoms. The van der Waals surface area contributed by atoms with E-state index in [9.17, 15) is 0 Å². The van der Waals surface area contributed by atoms with Gasteiger partial charge in [-0.25, -0.2) is 9.97 Å². The molecule has 0 aromatic carbocycles. The number of aromatic nitrogens is 3. The largest absolute Gasteiger partial charge is 0.326 e. The van der Waals surface area contributed by atoms with Crippen molar-refractivity contribution in [3.05, 3.63) is 41.6 Å². The number of hydrogen-bond acceptors (Lipinski definition) is 3. The summed E-state index contributed by atoms with van der Waals surface area (Å²) in [4.78, 5) is 8.10. The van der Waals surface area contributed by atoms with Gasteiger partial charge < -0.3 is 5.73 Å². The van der Waals surface area contributed by atoms with E-state index < -0.39 is 0 Å². The fourth-order valence-electron chi connectivity index (χ4n) is 1.16. The van der Waals surface area contributed by atoms with Crippen LogP contribution in [0, 0.1) is 0 Å². The van der Waals surface area contributed by atoms with E-state index in [4.69, 9.17) is 17.3 Å². The van der Waals surface area contributed by atoms with Crippen molar-refractivity contribution < 1.29 is 0 Å². The van der Waals surface area contributed by atoms with Crippen LogP contribution in [0.4, 0.5) is 0 Å². The van der Waals surface area contributed by atoms with Crippen molar-refractivity contribution in [1.29, 1.82) is 0 Å². The molecule has 4 nitrogen and oxygen atoms in total. The predicted molar refractivity (Wildman–Crippen MR) is 54.3 cm³/mol. The molecule has 0 aliphatic carbocycles. The fraction of sp³-hybridized carbons (Fsp3) is 0.111. The average molecular weight is 209 g/mol. The molecule has 0 amide bonds. The maximum atomic E-state index is 5.89. The Morgan fingerprint density at radius 1 is 1.50 bits per heavy atom.